The molecule has 0 fully saturated rings. The number of ether oxygens (including phenoxy) is 1. The minimum absolute atomic E-state index is 0.00374. The summed E-state index contributed by atoms with van der Waals surface area (Å²) in [5.41, 5.74) is 3.11. The largest absolute Gasteiger partial charge is 0.494 e. The molecule has 0 radical (unpaired) electrons. The molecular formula is C33H37ClN4O6S. The Balaban J connectivity index is 0.00000177. The molecule has 4 rings (SSSR count). The van der Waals surface area contributed by atoms with Crippen molar-refractivity contribution in [2.45, 2.75) is 50.2 Å². The number of amides is 3. The third kappa shape index (κ3) is 11.4. The number of benzene rings is 3. The van der Waals surface area contributed by atoms with Crippen molar-refractivity contribution < 1.29 is 28.7 Å². The number of nitrogens with zero attached hydrogens (tertiary/aromatic N) is 1. The highest BCUT2D eigenvalue weighted by atomic mass is 35.5. The average Bonchev–Trinajstić information content (AvgIpc) is 3.16. The van der Waals surface area contributed by atoms with Crippen molar-refractivity contribution in [1.29, 1.82) is 0 Å². The molecule has 1 aliphatic rings. The summed E-state index contributed by atoms with van der Waals surface area (Å²) in [6.07, 6.45) is 3.07. The van der Waals surface area contributed by atoms with Gasteiger partial charge in [0.1, 0.15) is 5.75 Å². The number of carbonyl (C=O) groups excluding carboxylic acids is 5. The highest BCUT2D eigenvalue weighted by Gasteiger charge is 2.30. The summed E-state index contributed by atoms with van der Waals surface area (Å²) in [6.45, 7) is 3.56. The van der Waals surface area contributed by atoms with Crippen molar-refractivity contribution in [2.24, 2.45) is 0 Å². The lowest BCUT2D eigenvalue weighted by Crippen LogP contribution is -2.45. The number of thioether (sulfide) groups is 1. The van der Waals surface area contributed by atoms with Crippen LogP contribution in [0.3, 0.4) is 0 Å². The number of carbonyl (C=O) groups is 3. The first-order valence-electron chi connectivity index (χ1n) is 14.5. The minimum Gasteiger partial charge on any atom is -0.494 e. The Bertz CT molecular complexity index is 1460. The molecule has 3 aromatic rings. The lowest BCUT2D eigenvalue weighted by molar-refractivity contribution is -0.191. The van der Waals surface area contributed by atoms with E-state index in [1.165, 1.54) is 6.92 Å². The summed E-state index contributed by atoms with van der Waals surface area (Å²) < 4.78 is 5.81. The van der Waals surface area contributed by atoms with Crippen LogP contribution in [-0.4, -0.2) is 55.9 Å². The van der Waals surface area contributed by atoms with Gasteiger partial charge >= 0.3 is 6.15 Å². The molecule has 0 unspecified atom stereocenters. The molecule has 3 amide bonds. The number of fused-ring (bicyclic) bond motifs is 1. The predicted octanol–water partition coefficient (Wildman–Crippen LogP) is 4.60. The second kappa shape index (κ2) is 18.6. The van der Waals surface area contributed by atoms with Gasteiger partial charge in [-0.05, 0) is 79.9 Å². The van der Waals surface area contributed by atoms with Gasteiger partial charge < -0.3 is 25.6 Å². The molecule has 45 heavy (non-hydrogen) atoms. The lowest BCUT2D eigenvalue weighted by Gasteiger charge is -2.26. The first-order chi connectivity index (χ1) is 21.7. The number of nitrogens with one attached hydrogen (secondary N) is 3. The minimum atomic E-state index is -0.339. The van der Waals surface area contributed by atoms with Crippen molar-refractivity contribution in [3.63, 3.8) is 0 Å². The molecule has 0 aromatic heterocycles. The third-order valence-electron chi connectivity index (χ3n) is 6.92. The summed E-state index contributed by atoms with van der Waals surface area (Å²) in [5.74, 6) is 1.12. The summed E-state index contributed by atoms with van der Waals surface area (Å²) >= 11 is 7.67. The predicted molar refractivity (Wildman–Crippen MR) is 173 cm³/mol. The monoisotopic (exact) mass is 652 g/mol. The molecule has 0 bridgehead atoms. The molecule has 3 N–H and O–H groups in total. The molecule has 10 nitrogen and oxygen atoms in total. The van der Waals surface area contributed by atoms with Crippen molar-refractivity contribution >= 4 is 52.9 Å². The Labute approximate surface area is 272 Å². The van der Waals surface area contributed by atoms with Gasteiger partial charge in [0.2, 0.25) is 11.8 Å². The van der Waals surface area contributed by atoms with E-state index in [-0.39, 0.29) is 29.9 Å². The fourth-order valence-corrected chi connectivity index (χ4v) is 5.79. The summed E-state index contributed by atoms with van der Waals surface area (Å²) in [5, 5.41) is 9.54. The molecule has 1 aliphatic heterocycles. The summed E-state index contributed by atoms with van der Waals surface area (Å²) in [4.78, 5) is 56.5. The molecule has 0 saturated carbocycles. The number of unbranched alkanes of at least 4 members (excludes halogenated alkanes) is 2. The van der Waals surface area contributed by atoms with Crippen LogP contribution in [0.25, 0.3) is 0 Å². The van der Waals surface area contributed by atoms with E-state index in [0.717, 1.165) is 46.7 Å². The number of halogens is 1. The van der Waals surface area contributed by atoms with Gasteiger partial charge in [0.25, 0.3) is 5.91 Å². The molecule has 1 heterocycles. The Morgan fingerprint density at radius 1 is 0.978 bits per heavy atom. The Morgan fingerprint density at radius 3 is 2.33 bits per heavy atom. The third-order valence-corrected chi connectivity index (χ3v) is 8.33. The van der Waals surface area contributed by atoms with E-state index in [2.05, 4.69) is 16.0 Å². The number of hydrogen-bond acceptors (Lipinski definition) is 8. The van der Waals surface area contributed by atoms with Gasteiger partial charge in [-0.2, -0.15) is 9.59 Å². The van der Waals surface area contributed by atoms with Gasteiger partial charge in [0.05, 0.1) is 24.9 Å². The van der Waals surface area contributed by atoms with Crippen LogP contribution in [0.2, 0.25) is 5.02 Å². The van der Waals surface area contributed by atoms with E-state index >= 15 is 0 Å². The number of hydrogen-bond donors (Lipinski definition) is 3. The van der Waals surface area contributed by atoms with E-state index in [9.17, 15) is 14.4 Å². The maximum atomic E-state index is 13.5. The maximum Gasteiger partial charge on any atom is 0.373 e. The number of likely N-dealkylation sites (N-methyl/N-ethyl adjacent to an activating group) is 1. The maximum absolute atomic E-state index is 13.5. The van der Waals surface area contributed by atoms with Gasteiger partial charge in [0, 0.05) is 41.2 Å². The van der Waals surface area contributed by atoms with Gasteiger partial charge in [-0.1, -0.05) is 35.9 Å². The smallest absolute Gasteiger partial charge is 0.373 e. The van der Waals surface area contributed by atoms with Gasteiger partial charge in [-0.3, -0.25) is 14.4 Å². The molecule has 238 valence electrons. The highest BCUT2D eigenvalue weighted by Crippen LogP contribution is 2.36. The molecule has 0 aliphatic carbocycles. The van der Waals surface area contributed by atoms with E-state index in [0.29, 0.717) is 42.6 Å². The van der Waals surface area contributed by atoms with Crippen LogP contribution in [0.1, 0.15) is 47.7 Å². The average molecular weight is 653 g/mol. The van der Waals surface area contributed by atoms with Crippen LogP contribution in [-0.2, 0) is 32.3 Å². The van der Waals surface area contributed by atoms with E-state index in [4.69, 9.17) is 25.9 Å². The van der Waals surface area contributed by atoms with E-state index in [1.54, 1.807) is 35.8 Å². The number of anilines is 1. The Hall–Kier alpha value is -4.15. The van der Waals surface area contributed by atoms with Crippen LogP contribution in [0.5, 0.6) is 5.75 Å². The first-order valence-corrected chi connectivity index (χ1v) is 15.9. The fraction of sp³-hybridized carbons (Fsp3) is 0.333. The topological polar surface area (TPSA) is 134 Å². The quantitative estimate of drug-likeness (QED) is 0.228. The summed E-state index contributed by atoms with van der Waals surface area (Å²) in [6, 6.07) is 20.3. The lowest BCUT2D eigenvalue weighted by atomic mass is 10.1. The van der Waals surface area contributed by atoms with Crippen LogP contribution in [0.4, 0.5) is 5.69 Å². The van der Waals surface area contributed by atoms with Crippen molar-refractivity contribution in [3.05, 3.63) is 88.4 Å². The van der Waals surface area contributed by atoms with Crippen LogP contribution in [0, 0.1) is 0 Å². The van der Waals surface area contributed by atoms with Crippen molar-refractivity contribution in [2.75, 3.05) is 30.9 Å². The number of rotatable bonds is 13. The first kappa shape index (κ1) is 35.3. The zero-order chi connectivity index (χ0) is 32.6. The molecule has 3 aromatic carbocycles. The molecule has 12 heteroatoms. The van der Waals surface area contributed by atoms with Gasteiger partial charge in [-0.25, -0.2) is 0 Å². The molecule has 1 atom stereocenters. The zero-order valence-corrected chi connectivity index (χ0v) is 26.8. The van der Waals surface area contributed by atoms with Gasteiger partial charge in [-0.15, -0.1) is 11.8 Å². The second-order valence-electron chi connectivity index (χ2n) is 10.2. The Kier molecular flexibility index (Phi) is 14.6. The van der Waals surface area contributed by atoms with Crippen molar-refractivity contribution in [3.8, 4) is 5.75 Å². The van der Waals surface area contributed by atoms with E-state index < -0.39 is 0 Å². The zero-order valence-electron chi connectivity index (χ0n) is 25.3. The normalized spacial score (nSPS) is 13.8. The van der Waals surface area contributed by atoms with Crippen LogP contribution >= 0.6 is 23.4 Å². The summed E-state index contributed by atoms with van der Waals surface area (Å²) in [7, 11) is 1.79. The highest BCUT2D eigenvalue weighted by molar-refractivity contribution is 7.99. The molecular weight excluding hydrogens is 616 g/mol. The van der Waals surface area contributed by atoms with Crippen molar-refractivity contribution in [1.82, 2.24) is 16.0 Å². The Morgan fingerprint density at radius 2 is 1.67 bits per heavy atom. The molecule has 0 spiro atoms. The van der Waals surface area contributed by atoms with Crippen LogP contribution in [0.15, 0.2) is 71.6 Å². The standard InChI is InChI=1S/C32H37ClN4O4S.CO2/c1-22(38)35-16-4-3-5-17-41-27-13-8-23(9-14-27)19-36-31(39)25-10-15-30-29(18-25)37(32(40)28(34-2)21-42-30)20-24-6-11-26(33)12-7-24;2-1-3/h6-15,18,28,34H,3-5,16-17,19-21H2,1-2H3,(H,35,38)(H,36,39);/t28-;/m0./s1. The van der Waals surface area contributed by atoms with E-state index in [1.807, 2.05) is 54.6 Å². The molecule has 0 saturated heterocycles. The van der Waals surface area contributed by atoms with Gasteiger partial charge in [0.15, 0.2) is 0 Å². The fourth-order valence-electron chi connectivity index (χ4n) is 4.53. The van der Waals surface area contributed by atoms with Crippen LogP contribution < -0.4 is 25.6 Å². The second-order valence-corrected chi connectivity index (χ2v) is 11.7. The SMILES string of the molecule is CN[C@H]1CSc2ccc(C(=O)NCc3ccc(OCCCCCNC(C)=O)cc3)cc2N(Cc2ccc(Cl)cc2)C1=O.O=C=O.